The van der Waals surface area contributed by atoms with Crippen LogP contribution < -0.4 is 5.32 Å². The summed E-state index contributed by atoms with van der Waals surface area (Å²) in [5.41, 5.74) is 0.625. The van der Waals surface area contributed by atoms with Gasteiger partial charge in [-0.05, 0) is 30.7 Å². The summed E-state index contributed by atoms with van der Waals surface area (Å²) in [6.07, 6.45) is 2.66. The third kappa shape index (κ3) is 1.07. The van der Waals surface area contributed by atoms with Gasteiger partial charge in [0.15, 0.2) is 0 Å². The van der Waals surface area contributed by atoms with Crippen LogP contribution in [0.5, 0.6) is 0 Å². The van der Waals surface area contributed by atoms with Crippen LogP contribution in [0.3, 0.4) is 0 Å². The molecule has 0 aromatic heterocycles. The van der Waals surface area contributed by atoms with E-state index in [1.807, 2.05) is 0 Å². The normalized spacial score (nSPS) is 30.9. The highest BCUT2D eigenvalue weighted by Crippen LogP contribution is 2.37. The fraction of sp³-hybridized carbons (Fsp3) is 1.00. The van der Waals surface area contributed by atoms with Crippen LogP contribution in [0, 0.1) is 11.3 Å². The molecular formula is C9H19N. The summed E-state index contributed by atoms with van der Waals surface area (Å²) in [7, 11) is 0. The van der Waals surface area contributed by atoms with Gasteiger partial charge in [0.25, 0.3) is 0 Å². The van der Waals surface area contributed by atoms with Crippen LogP contribution in [0.4, 0.5) is 0 Å². The van der Waals surface area contributed by atoms with E-state index in [0.29, 0.717) is 5.41 Å². The molecule has 0 aromatic rings. The third-order valence-electron chi connectivity index (χ3n) is 3.38. The van der Waals surface area contributed by atoms with Crippen molar-refractivity contribution >= 4 is 0 Å². The van der Waals surface area contributed by atoms with Gasteiger partial charge in [0.2, 0.25) is 0 Å². The molecule has 0 amide bonds. The summed E-state index contributed by atoms with van der Waals surface area (Å²) in [5, 5.41) is 3.46. The fourth-order valence-corrected chi connectivity index (χ4v) is 2.13. The van der Waals surface area contributed by atoms with E-state index in [0.717, 1.165) is 5.92 Å². The molecule has 0 aliphatic carbocycles. The van der Waals surface area contributed by atoms with Crippen molar-refractivity contribution in [2.45, 2.75) is 33.6 Å². The minimum atomic E-state index is 0.625. The first-order valence-electron chi connectivity index (χ1n) is 4.46. The lowest BCUT2D eigenvalue weighted by molar-refractivity contribution is 0.221. The minimum absolute atomic E-state index is 0.625. The van der Waals surface area contributed by atoms with Crippen molar-refractivity contribution in [3.8, 4) is 0 Å². The van der Waals surface area contributed by atoms with Crippen LogP contribution in [0.2, 0.25) is 0 Å². The highest BCUT2D eigenvalue weighted by atomic mass is 14.9. The van der Waals surface area contributed by atoms with E-state index < -0.39 is 0 Å². The summed E-state index contributed by atoms with van der Waals surface area (Å²) >= 11 is 0. The number of hydrogen-bond donors (Lipinski definition) is 1. The van der Waals surface area contributed by atoms with Gasteiger partial charge in [0, 0.05) is 6.54 Å². The van der Waals surface area contributed by atoms with Crippen molar-refractivity contribution < 1.29 is 0 Å². The van der Waals surface area contributed by atoms with E-state index in [1.165, 1.54) is 25.9 Å². The van der Waals surface area contributed by atoms with Crippen LogP contribution in [0.1, 0.15) is 33.6 Å². The molecule has 1 aliphatic rings. The zero-order valence-electron chi connectivity index (χ0n) is 7.41. The monoisotopic (exact) mass is 141 g/mol. The fourth-order valence-electron chi connectivity index (χ4n) is 2.13. The van der Waals surface area contributed by atoms with Gasteiger partial charge in [0.1, 0.15) is 0 Å². The van der Waals surface area contributed by atoms with E-state index in [1.54, 1.807) is 0 Å². The van der Waals surface area contributed by atoms with Gasteiger partial charge in [-0.25, -0.2) is 0 Å². The Balaban J connectivity index is 2.61. The van der Waals surface area contributed by atoms with Crippen molar-refractivity contribution in [3.05, 3.63) is 0 Å². The Morgan fingerprint density at radius 3 is 2.20 bits per heavy atom. The van der Waals surface area contributed by atoms with E-state index in [9.17, 15) is 0 Å². The molecule has 1 N–H and O–H groups in total. The first-order chi connectivity index (χ1) is 4.75. The molecule has 1 saturated heterocycles. The second kappa shape index (κ2) is 2.91. The molecule has 1 aliphatic heterocycles. The molecule has 0 radical (unpaired) electrons. The topological polar surface area (TPSA) is 12.0 Å². The maximum absolute atomic E-state index is 3.46. The average Bonchev–Trinajstić information content (AvgIpc) is 2.32. The Kier molecular flexibility index (Phi) is 2.35. The quantitative estimate of drug-likeness (QED) is 0.620. The first-order valence-corrected chi connectivity index (χ1v) is 4.46. The van der Waals surface area contributed by atoms with Crippen LogP contribution in [-0.2, 0) is 0 Å². The largest absolute Gasteiger partial charge is 0.316 e. The molecule has 10 heavy (non-hydrogen) atoms. The second-order valence-corrected chi connectivity index (χ2v) is 3.60. The Hall–Kier alpha value is -0.0400. The zero-order chi connectivity index (χ0) is 7.61. The van der Waals surface area contributed by atoms with Crippen molar-refractivity contribution in [1.29, 1.82) is 0 Å². The van der Waals surface area contributed by atoms with Crippen LogP contribution in [0.15, 0.2) is 0 Å². The average molecular weight is 141 g/mol. The molecule has 1 unspecified atom stereocenters. The molecular weight excluding hydrogens is 122 g/mol. The van der Waals surface area contributed by atoms with Gasteiger partial charge in [-0.1, -0.05) is 20.8 Å². The van der Waals surface area contributed by atoms with Crippen molar-refractivity contribution in [3.63, 3.8) is 0 Å². The molecule has 0 saturated carbocycles. The predicted molar refractivity (Wildman–Crippen MR) is 45.0 cm³/mol. The standard InChI is InChI=1S/C9H19N/c1-4-9(5-2)7-10-6-8(9)3/h8,10H,4-7H2,1-3H3. The smallest absolute Gasteiger partial charge is 0.00108 e. The van der Waals surface area contributed by atoms with E-state index in [-0.39, 0.29) is 0 Å². The lowest BCUT2D eigenvalue weighted by Crippen LogP contribution is -2.26. The Morgan fingerprint density at radius 1 is 1.40 bits per heavy atom. The summed E-state index contributed by atoms with van der Waals surface area (Å²) in [6.45, 7) is 9.45. The Morgan fingerprint density at radius 2 is 2.00 bits per heavy atom. The van der Waals surface area contributed by atoms with Crippen LogP contribution in [0.25, 0.3) is 0 Å². The lowest BCUT2D eigenvalue weighted by atomic mass is 9.75. The van der Waals surface area contributed by atoms with Crippen molar-refractivity contribution in [2.24, 2.45) is 11.3 Å². The highest BCUT2D eigenvalue weighted by molar-refractivity contribution is 4.90. The van der Waals surface area contributed by atoms with E-state index in [2.05, 4.69) is 26.1 Å². The van der Waals surface area contributed by atoms with Crippen molar-refractivity contribution in [2.75, 3.05) is 13.1 Å². The van der Waals surface area contributed by atoms with Gasteiger partial charge in [0.05, 0.1) is 0 Å². The van der Waals surface area contributed by atoms with Gasteiger partial charge in [-0.3, -0.25) is 0 Å². The summed E-state index contributed by atoms with van der Waals surface area (Å²) in [6, 6.07) is 0. The van der Waals surface area contributed by atoms with Crippen molar-refractivity contribution in [1.82, 2.24) is 5.32 Å². The molecule has 1 heterocycles. The molecule has 60 valence electrons. The van der Waals surface area contributed by atoms with Crippen LogP contribution in [-0.4, -0.2) is 13.1 Å². The Labute approximate surface area is 64.2 Å². The number of nitrogens with one attached hydrogen (secondary N) is 1. The third-order valence-corrected chi connectivity index (χ3v) is 3.38. The van der Waals surface area contributed by atoms with E-state index in [4.69, 9.17) is 0 Å². The zero-order valence-corrected chi connectivity index (χ0v) is 7.41. The molecule has 1 atom stereocenters. The van der Waals surface area contributed by atoms with Gasteiger partial charge in [-0.15, -0.1) is 0 Å². The predicted octanol–water partition coefficient (Wildman–Crippen LogP) is 2.03. The van der Waals surface area contributed by atoms with Gasteiger partial charge < -0.3 is 5.32 Å². The van der Waals surface area contributed by atoms with E-state index >= 15 is 0 Å². The number of hydrogen-bond acceptors (Lipinski definition) is 1. The molecule has 0 spiro atoms. The molecule has 1 heteroatoms. The van der Waals surface area contributed by atoms with Crippen LogP contribution >= 0.6 is 0 Å². The van der Waals surface area contributed by atoms with Gasteiger partial charge >= 0.3 is 0 Å². The summed E-state index contributed by atoms with van der Waals surface area (Å²) < 4.78 is 0. The molecule has 1 rings (SSSR count). The maximum Gasteiger partial charge on any atom is 0.00108 e. The van der Waals surface area contributed by atoms with Gasteiger partial charge in [-0.2, -0.15) is 0 Å². The summed E-state index contributed by atoms with van der Waals surface area (Å²) in [4.78, 5) is 0. The first kappa shape index (κ1) is 8.06. The minimum Gasteiger partial charge on any atom is -0.316 e. The second-order valence-electron chi connectivity index (χ2n) is 3.60. The molecule has 0 bridgehead atoms. The number of rotatable bonds is 2. The molecule has 1 fully saturated rings. The molecule has 1 nitrogen and oxygen atoms in total. The highest BCUT2D eigenvalue weighted by Gasteiger charge is 2.36. The summed E-state index contributed by atoms with van der Waals surface area (Å²) in [5.74, 6) is 0.877. The Bertz CT molecular complexity index is 105. The lowest BCUT2D eigenvalue weighted by Gasteiger charge is -2.30. The molecule has 0 aromatic carbocycles. The SMILES string of the molecule is CCC1(CC)CNCC1C. The maximum atomic E-state index is 3.46.